The molecule has 0 bridgehead atoms. The van der Waals surface area contributed by atoms with Crippen molar-refractivity contribution in [1.29, 1.82) is 0 Å². The van der Waals surface area contributed by atoms with Crippen molar-refractivity contribution >= 4 is 5.69 Å². The molecule has 1 aliphatic rings. The summed E-state index contributed by atoms with van der Waals surface area (Å²) in [7, 11) is 0. The molecule has 3 heteroatoms. The van der Waals surface area contributed by atoms with E-state index < -0.39 is 0 Å². The topological polar surface area (TPSA) is 35.5 Å². The average Bonchev–Trinajstić information content (AvgIpc) is 2.45. The second-order valence-electron chi connectivity index (χ2n) is 4.14. The first kappa shape index (κ1) is 12.7. The number of aliphatic hydroxyl groups is 1. The lowest BCUT2D eigenvalue weighted by Gasteiger charge is -2.24. The van der Waals surface area contributed by atoms with E-state index in [1.54, 1.807) is 0 Å². The summed E-state index contributed by atoms with van der Waals surface area (Å²) in [6.07, 6.45) is 5.69. The molecule has 0 saturated heterocycles. The Morgan fingerprint density at radius 1 is 1.28 bits per heavy atom. The number of nitrogens with one attached hydrogen (secondary N) is 1. The summed E-state index contributed by atoms with van der Waals surface area (Å²) >= 11 is 0. The summed E-state index contributed by atoms with van der Waals surface area (Å²) in [5.41, 5.74) is 2.19. The molecular formula is C15H18N2O. The quantitative estimate of drug-likeness (QED) is 0.625. The summed E-state index contributed by atoms with van der Waals surface area (Å²) in [6.45, 7) is 1.99. The smallest absolute Gasteiger partial charge is 0.0728 e. The predicted octanol–water partition coefficient (Wildman–Crippen LogP) is 1.69. The Morgan fingerprint density at radius 3 is 2.78 bits per heavy atom. The molecule has 3 nitrogen and oxygen atoms in total. The molecule has 2 N–H and O–H groups in total. The van der Waals surface area contributed by atoms with Crippen LogP contribution in [0.1, 0.15) is 18.4 Å². The highest BCUT2D eigenvalue weighted by Crippen LogP contribution is 2.15. The van der Waals surface area contributed by atoms with Gasteiger partial charge in [-0.1, -0.05) is 17.9 Å². The number of benzene rings is 1. The van der Waals surface area contributed by atoms with Crippen LogP contribution in [-0.2, 0) is 0 Å². The number of anilines is 1. The van der Waals surface area contributed by atoms with Gasteiger partial charge >= 0.3 is 0 Å². The molecular weight excluding hydrogens is 224 g/mol. The molecule has 0 aliphatic carbocycles. The van der Waals surface area contributed by atoms with Crippen LogP contribution in [0.25, 0.3) is 0 Å². The molecule has 0 saturated carbocycles. The van der Waals surface area contributed by atoms with E-state index in [4.69, 9.17) is 5.11 Å². The van der Waals surface area contributed by atoms with Crippen LogP contribution in [0.5, 0.6) is 0 Å². The number of hydrogen-bond acceptors (Lipinski definition) is 3. The summed E-state index contributed by atoms with van der Waals surface area (Å²) in [5, 5.41) is 11.9. The van der Waals surface area contributed by atoms with Crippen molar-refractivity contribution in [2.24, 2.45) is 0 Å². The lowest BCUT2D eigenvalue weighted by molar-refractivity contribution is 0.290. The fourth-order valence-corrected chi connectivity index (χ4v) is 1.75. The van der Waals surface area contributed by atoms with Crippen molar-refractivity contribution in [3.8, 4) is 11.8 Å². The number of nitrogens with zero attached hydrogens (tertiary/aromatic N) is 1. The van der Waals surface area contributed by atoms with Crippen molar-refractivity contribution in [2.45, 2.75) is 12.8 Å². The van der Waals surface area contributed by atoms with Gasteiger partial charge in [-0.3, -0.25) is 5.32 Å². The first-order valence-electron chi connectivity index (χ1n) is 6.24. The summed E-state index contributed by atoms with van der Waals surface area (Å²) in [5.74, 6) is 6.15. The molecule has 1 aliphatic heterocycles. The third-order valence-electron chi connectivity index (χ3n) is 2.72. The SMILES string of the molecule is OCCCC#Cc1ccc(N2C=CCNC2)cc1. The Bertz CT molecular complexity index is 454. The lowest BCUT2D eigenvalue weighted by Crippen LogP contribution is -2.34. The standard InChI is InChI=1S/C15H18N2O/c18-12-3-1-2-5-14-6-8-15(9-7-14)17-11-4-10-16-13-17/h4,6-9,11,16,18H,1,3,10,12-13H2. The van der Waals surface area contributed by atoms with E-state index in [2.05, 4.69) is 46.5 Å². The Labute approximate surface area is 108 Å². The molecule has 0 amide bonds. The maximum atomic E-state index is 8.66. The highest BCUT2D eigenvalue weighted by molar-refractivity contribution is 5.52. The van der Waals surface area contributed by atoms with Crippen molar-refractivity contribution < 1.29 is 5.11 Å². The van der Waals surface area contributed by atoms with Gasteiger partial charge < -0.3 is 10.0 Å². The van der Waals surface area contributed by atoms with Gasteiger partial charge in [0.2, 0.25) is 0 Å². The van der Waals surface area contributed by atoms with Crippen LogP contribution in [0.2, 0.25) is 0 Å². The minimum atomic E-state index is 0.210. The molecule has 94 valence electrons. The second-order valence-corrected chi connectivity index (χ2v) is 4.14. The van der Waals surface area contributed by atoms with Crippen molar-refractivity contribution in [3.63, 3.8) is 0 Å². The predicted molar refractivity (Wildman–Crippen MR) is 74.1 cm³/mol. The van der Waals surface area contributed by atoms with Crippen LogP contribution in [0.15, 0.2) is 36.5 Å². The van der Waals surface area contributed by atoms with E-state index in [0.29, 0.717) is 0 Å². The molecule has 0 fully saturated rings. The third kappa shape index (κ3) is 3.63. The van der Waals surface area contributed by atoms with Gasteiger partial charge in [-0.15, -0.1) is 0 Å². The molecule has 0 radical (unpaired) electrons. The zero-order valence-corrected chi connectivity index (χ0v) is 10.4. The van der Waals surface area contributed by atoms with E-state index >= 15 is 0 Å². The largest absolute Gasteiger partial charge is 0.396 e. The van der Waals surface area contributed by atoms with Gasteiger partial charge in [-0.05, 0) is 30.7 Å². The summed E-state index contributed by atoms with van der Waals surface area (Å²) in [4.78, 5) is 2.16. The first-order valence-corrected chi connectivity index (χ1v) is 6.24. The van der Waals surface area contributed by atoms with Gasteiger partial charge in [0.05, 0.1) is 6.67 Å². The highest BCUT2D eigenvalue weighted by Gasteiger charge is 2.04. The average molecular weight is 242 g/mol. The number of aliphatic hydroxyl groups excluding tert-OH is 1. The van der Waals surface area contributed by atoms with Crippen molar-refractivity contribution in [3.05, 3.63) is 42.1 Å². The maximum absolute atomic E-state index is 8.66. The Morgan fingerprint density at radius 2 is 2.11 bits per heavy atom. The van der Waals surface area contributed by atoms with Crippen LogP contribution < -0.4 is 10.2 Å². The van der Waals surface area contributed by atoms with Gasteiger partial charge in [0.15, 0.2) is 0 Å². The third-order valence-corrected chi connectivity index (χ3v) is 2.72. The molecule has 1 heterocycles. The van der Waals surface area contributed by atoms with E-state index in [0.717, 1.165) is 31.6 Å². The molecule has 18 heavy (non-hydrogen) atoms. The van der Waals surface area contributed by atoms with Gasteiger partial charge in [-0.2, -0.15) is 0 Å². The fourth-order valence-electron chi connectivity index (χ4n) is 1.75. The van der Waals surface area contributed by atoms with Crippen LogP contribution in [0, 0.1) is 11.8 Å². The molecule has 0 aromatic heterocycles. The van der Waals surface area contributed by atoms with E-state index in [1.807, 2.05) is 12.1 Å². The van der Waals surface area contributed by atoms with Crippen LogP contribution in [0.3, 0.4) is 0 Å². The molecule has 2 rings (SSSR count). The molecule has 0 spiro atoms. The molecule has 0 unspecified atom stereocenters. The lowest BCUT2D eigenvalue weighted by atomic mass is 10.2. The van der Waals surface area contributed by atoms with Crippen LogP contribution in [-0.4, -0.2) is 24.9 Å². The molecule has 0 atom stereocenters. The van der Waals surface area contributed by atoms with Crippen molar-refractivity contribution in [2.75, 3.05) is 24.7 Å². The van der Waals surface area contributed by atoms with Crippen LogP contribution in [0.4, 0.5) is 5.69 Å². The van der Waals surface area contributed by atoms with Crippen molar-refractivity contribution in [1.82, 2.24) is 5.32 Å². The van der Waals surface area contributed by atoms with Gasteiger partial charge in [-0.25, -0.2) is 0 Å². The Hall–Kier alpha value is -1.76. The second kappa shape index (κ2) is 6.85. The number of rotatable bonds is 3. The monoisotopic (exact) mass is 242 g/mol. The first-order chi connectivity index (χ1) is 8.90. The number of hydrogen-bond donors (Lipinski definition) is 2. The normalized spacial score (nSPS) is 14.2. The Kier molecular flexibility index (Phi) is 4.83. The highest BCUT2D eigenvalue weighted by atomic mass is 16.2. The summed E-state index contributed by atoms with van der Waals surface area (Å²) in [6, 6.07) is 8.22. The van der Waals surface area contributed by atoms with Crippen LogP contribution >= 0.6 is 0 Å². The maximum Gasteiger partial charge on any atom is 0.0728 e. The van der Waals surface area contributed by atoms with Gasteiger partial charge in [0, 0.05) is 37.0 Å². The van der Waals surface area contributed by atoms with Gasteiger partial charge in [0.1, 0.15) is 0 Å². The Balaban J connectivity index is 1.98. The molecule has 1 aromatic rings. The summed E-state index contributed by atoms with van der Waals surface area (Å²) < 4.78 is 0. The van der Waals surface area contributed by atoms with E-state index in [-0.39, 0.29) is 6.61 Å². The fraction of sp³-hybridized carbons (Fsp3) is 0.333. The zero-order valence-electron chi connectivity index (χ0n) is 10.4. The zero-order chi connectivity index (χ0) is 12.6. The minimum absolute atomic E-state index is 0.210. The molecule has 1 aromatic carbocycles. The van der Waals surface area contributed by atoms with E-state index in [1.165, 1.54) is 5.69 Å². The van der Waals surface area contributed by atoms with E-state index in [9.17, 15) is 0 Å². The van der Waals surface area contributed by atoms with Gasteiger partial charge in [0.25, 0.3) is 0 Å². The minimum Gasteiger partial charge on any atom is -0.396 e. The number of unbranched alkanes of at least 4 members (excludes halogenated alkanes) is 1.